The van der Waals surface area contributed by atoms with Gasteiger partial charge in [-0.3, -0.25) is 5.32 Å². The lowest BCUT2D eigenvalue weighted by Crippen LogP contribution is -2.44. The third-order valence-corrected chi connectivity index (χ3v) is 2.86. The van der Waals surface area contributed by atoms with Crippen molar-refractivity contribution in [2.24, 2.45) is 0 Å². The van der Waals surface area contributed by atoms with Crippen molar-refractivity contribution in [3.8, 4) is 0 Å². The van der Waals surface area contributed by atoms with Crippen molar-refractivity contribution in [1.82, 2.24) is 14.9 Å². The van der Waals surface area contributed by atoms with Crippen LogP contribution in [0.25, 0.3) is 0 Å². The maximum atomic E-state index is 12.4. The maximum absolute atomic E-state index is 12.4. The van der Waals surface area contributed by atoms with Gasteiger partial charge in [-0.2, -0.15) is 13.2 Å². The monoisotopic (exact) mass is 223 g/mol. The number of alkyl halides is 3. The van der Waals surface area contributed by atoms with E-state index in [2.05, 4.69) is 14.9 Å². The highest BCUT2D eigenvalue weighted by Crippen LogP contribution is 2.48. The average Bonchev–Trinajstić information content (AvgIpc) is 2.72. The summed E-state index contributed by atoms with van der Waals surface area (Å²) in [5, 5.41) is 7.80. The average molecular weight is 223 g/mol. The Kier molecular flexibility index (Phi) is 2.23. The van der Waals surface area contributed by atoms with Gasteiger partial charge in [0.2, 0.25) is 0 Å². The van der Waals surface area contributed by atoms with Crippen LogP contribution >= 0.6 is 11.5 Å². The minimum Gasteiger partial charge on any atom is -0.298 e. The second-order valence-electron chi connectivity index (χ2n) is 3.33. The van der Waals surface area contributed by atoms with E-state index in [0.717, 1.165) is 11.5 Å². The van der Waals surface area contributed by atoms with Crippen LogP contribution in [0.3, 0.4) is 0 Å². The van der Waals surface area contributed by atoms with E-state index in [1.54, 1.807) is 5.38 Å². The Morgan fingerprint density at radius 3 is 2.64 bits per heavy atom. The van der Waals surface area contributed by atoms with Gasteiger partial charge in [0.25, 0.3) is 0 Å². The summed E-state index contributed by atoms with van der Waals surface area (Å²) in [4.78, 5) is 0. The summed E-state index contributed by atoms with van der Waals surface area (Å²) in [5.41, 5.74) is -1.10. The van der Waals surface area contributed by atoms with E-state index < -0.39 is 11.7 Å². The van der Waals surface area contributed by atoms with E-state index in [4.69, 9.17) is 0 Å². The van der Waals surface area contributed by atoms with Crippen LogP contribution in [0.5, 0.6) is 0 Å². The van der Waals surface area contributed by atoms with Crippen LogP contribution in [0.15, 0.2) is 5.38 Å². The summed E-state index contributed by atoms with van der Waals surface area (Å²) in [6, 6.07) is 0. The highest BCUT2D eigenvalue weighted by atomic mass is 32.1. The first-order valence-electron chi connectivity index (χ1n) is 4.11. The van der Waals surface area contributed by atoms with Gasteiger partial charge in [0, 0.05) is 11.9 Å². The minimum absolute atomic E-state index is 0.135. The van der Waals surface area contributed by atoms with E-state index >= 15 is 0 Å². The molecule has 7 heteroatoms. The van der Waals surface area contributed by atoms with Gasteiger partial charge in [-0.05, 0) is 24.4 Å². The Bertz CT molecular complexity index is 304. The lowest BCUT2D eigenvalue weighted by Gasteiger charge is -2.19. The molecule has 1 saturated carbocycles. The third-order valence-electron chi connectivity index (χ3n) is 2.31. The first-order chi connectivity index (χ1) is 6.54. The summed E-state index contributed by atoms with van der Waals surface area (Å²) >= 11 is 1.14. The van der Waals surface area contributed by atoms with Gasteiger partial charge >= 0.3 is 6.18 Å². The molecular weight excluding hydrogens is 215 g/mol. The molecule has 0 saturated heterocycles. The van der Waals surface area contributed by atoms with Gasteiger partial charge < -0.3 is 0 Å². The molecule has 1 fully saturated rings. The van der Waals surface area contributed by atoms with Crippen LogP contribution in [0.4, 0.5) is 13.2 Å². The standard InChI is InChI=1S/C7H8F3N3S/c8-7(9,10)6(1-2-6)11-3-5-4-14-13-12-5/h4,11H,1-3H2. The van der Waals surface area contributed by atoms with Gasteiger partial charge in [-0.1, -0.05) is 4.49 Å². The number of aromatic nitrogens is 2. The van der Waals surface area contributed by atoms with Gasteiger partial charge in [-0.25, -0.2) is 0 Å². The molecule has 0 atom stereocenters. The highest BCUT2D eigenvalue weighted by Gasteiger charge is 2.62. The van der Waals surface area contributed by atoms with E-state index in [9.17, 15) is 13.2 Å². The molecule has 0 aliphatic heterocycles. The number of nitrogens with zero attached hydrogens (tertiary/aromatic N) is 2. The summed E-state index contributed by atoms with van der Waals surface area (Å²) in [6.07, 6.45) is -3.83. The van der Waals surface area contributed by atoms with E-state index in [1.165, 1.54) is 0 Å². The molecule has 0 unspecified atom stereocenters. The number of hydrogen-bond acceptors (Lipinski definition) is 4. The van der Waals surface area contributed by atoms with Crippen molar-refractivity contribution in [3.63, 3.8) is 0 Å². The van der Waals surface area contributed by atoms with Crippen molar-refractivity contribution in [2.45, 2.75) is 31.1 Å². The molecule has 0 radical (unpaired) electrons. The van der Waals surface area contributed by atoms with Crippen molar-refractivity contribution in [3.05, 3.63) is 11.1 Å². The predicted molar refractivity (Wildman–Crippen MR) is 44.8 cm³/mol. The van der Waals surface area contributed by atoms with Crippen LogP contribution in [-0.2, 0) is 6.54 Å². The summed E-state index contributed by atoms with van der Waals surface area (Å²) in [7, 11) is 0. The molecule has 1 aromatic rings. The van der Waals surface area contributed by atoms with Crippen molar-refractivity contribution < 1.29 is 13.2 Å². The Hall–Kier alpha value is -0.690. The molecule has 1 N–H and O–H groups in total. The smallest absolute Gasteiger partial charge is 0.298 e. The first kappa shape index (κ1) is 9.85. The zero-order valence-electron chi connectivity index (χ0n) is 7.14. The first-order valence-corrected chi connectivity index (χ1v) is 4.95. The summed E-state index contributed by atoms with van der Waals surface area (Å²) < 4.78 is 40.9. The molecule has 3 nitrogen and oxygen atoms in total. The van der Waals surface area contributed by atoms with Crippen LogP contribution in [0, 0.1) is 0 Å². The largest absolute Gasteiger partial charge is 0.406 e. The number of hydrogen-bond donors (Lipinski definition) is 1. The molecule has 0 aromatic carbocycles. The molecule has 78 valence electrons. The van der Waals surface area contributed by atoms with Crippen LogP contribution in [0.1, 0.15) is 18.5 Å². The SMILES string of the molecule is FC(F)(F)C1(NCc2csnn2)CC1. The van der Waals surface area contributed by atoms with E-state index in [0.29, 0.717) is 5.69 Å². The zero-order valence-corrected chi connectivity index (χ0v) is 7.95. The Balaban J connectivity index is 1.93. The van der Waals surface area contributed by atoms with E-state index in [-0.39, 0.29) is 19.4 Å². The Morgan fingerprint density at radius 2 is 2.21 bits per heavy atom. The molecule has 1 aliphatic carbocycles. The number of rotatable bonds is 3. The number of nitrogens with one attached hydrogen (secondary N) is 1. The van der Waals surface area contributed by atoms with E-state index in [1.807, 2.05) is 0 Å². The zero-order chi connectivity index (χ0) is 10.2. The predicted octanol–water partition coefficient (Wildman–Crippen LogP) is 1.72. The van der Waals surface area contributed by atoms with Crippen molar-refractivity contribution >= 4 is 11.5 Å². The maximum Gasteiger partial charge on any atom is 0.406 e. The lowest BCUT2D eigenvalue weighted by atomic mass is 10.2. The van der Waals surface area contributed by atoms with Crippen LogP contribution < -0.4 is 5.32 Å². The molecule has 0 amide bonds. The topological polar surface area (TPSA) is 37.8 Å². The molecule has 2 rings (SSSR count). The third kappa shape index (κ3) is 1.74. The second kappa shape index (κ2) is 3.16. The molecular formula is C7H8F3N3S. The molecule has 1 aliphatic rings. The fourth-order valence-corrected chi connectivity index (χ4v) is 1.66. The van der Waals surface area contributed by atoms with Crippen LogP contribution in [0.2, 0.25) is 0 Å². The molecule has 1 heterocycles. The fraction of sp³-hybridized carbons (Fsp3) is 0.714. The second-order valence-corrected chi connectivity index (χ2v) is 3.94. The van der Waals surface area contributed by atoms with Crippen LogP contribution in [-0.4, -0.2) is 21.3 Å². The highest BCUT2D eigenvalue weighted by molar-refractivity contribution is 7.03. The molecule has 1 aromatic heterocycles. The summed E-state index contributed by atoms with van der Waals surface area (Å²) in [5.74, 6) is 0. The van der Waals surface area contributed by atoms with Gasteiger partial charge in [-0.15, -0.1) is 5.10 Å². The minimum atomic E-state index is -4.16. The molecule has 0 spiro atoms. The molecule has 14 heavy (non-hydrogen) atoms. The lowest BCUT2D eigenvalue weighted by molar-refractivity contribution is -0.166. The Morgan fingerprint density at radius 1 is 1.50 bits per heavy atom. The fourth-order valence-electron chi connectivity index (χ4n) is 1.21. The normalized spacial score (nSPS) is 19.6. The van der Waals surface area contributed by atoms with Crippen molar-refractivity contribution in [1.29, 1.82) is 0 Å². The summed E-state index contributed by atoms with van der Waals surface area (Å²) in [6.45, 7) is 0.135. The quantitative estimate of drug-likeness (QED) is 0.847. The van der Waals surface area contributed by atoms with Gasteiger partial charge in [0.15, 0.2) is 0 Å². The van der Waals surface area contributed by atoms with Gasteiger partial charge in [0.05, 0.1) is 5.69 Å². The molecule has 0 bridgehead atoms. The Labute approximate surface area is 82.5 Å². The van der Waals surface area contributed by atoms with Crippen molar-refractivity contribution in [2.75, 3.05) is 0 Å². The number of halogens is 3. The van der Waals surface area contributed by atoms with Gasteiger partial charge in [0.1, 0.15) is 5.54 Å².